The minimum Gasteiger partial charge on any atom is -0.396 e. The van der Waals surface area contributed by atoms with Crippen LogP contribution >= 0.6 is 0 Å². The Bertz CT molecular complexity index is 442. The third-order valence-corrected chi connectivity index (χ3v) is 4.57. The molecule has 0 spiro atoms. The molecule has 0 saturated carbocycles. The number of aryl methyl sites for hydroxylation is 1. The fraction of sp³-hybridized carbons (Fsp3) is 0.562. The zero-order valence-electron chi connectivity index (χ0n) is 11.9. The van der Waals surface area contributed by atoms with Gasteiger partial charge in [0.1, 0.15) is 0 Å². The maximum Gasteiger partial charge on any atom is 0.254 e. The van der Waals surface area contributed by atoms with Crippen molar-refractivity contribution in [1.82, 2.24) is 4.90 Å². The normalized spacial score (nSPS) is 18.4. The number of benzene rings is 1. The first-order valence-electron chi connectivity index (χ1n) is 7.08. The maximum atomic E-state index is 12.5. The van der Waals surface area contributed by atoms with E-state index in [1.165, 1.54) is 0 Å². The summed E-state index contributed by atoms with van der Waals surface area (Å²) in [6, 6.07) is 7.73. The molecule has 1 aliphatic rings. The summed E-state index contributed by atoms with van der Waals surface area (Å²) in [6.45, 7) is 5.83. The van der Waals surface area contributed by atoms with Crippen LogP contribution in [0.3, 0.4) is 0 Å². The lowest BCUT2D eigenvalue weighted by molar-refractivity contribution is 0.0337. The van der Waals surface area contributed by atoms with Crippen LogP contribution in [-0.2, 0) is 0 Å². The first kappa shape index (κ1) is 14.1. The summed E-state index contributed by atoms with van der Waals surface area (Å²) in [6.07, 6.45) is 2.78. The SMILES string of the molecule is CCC1(CO)CCN(C(=O)c2ccccc2C)CC1. The third-order valence-electron chi connectivity index (χ3n) is 4.57. The van der Waals surface area contributed by atoms with Crippen molar-refractivity contribution in [3.63, 3.8) is 0 Å². The molecule has 3 nitrogen and oxygen atoms in total. The fourth-order valence-corrected chi connectivity index (χ4v) is 2.79. The molecule has 1 saturated heterocycles. The second kappa shape index (κ2) is 5.74. The van der Waals surface area contributed by atoms with Gasteiger partial charge in [0.15, 0.2) is 0 Å². The lowest BCUT2D eigenvalue weighted by atomic mass is 9.77. The van der Waals surface area contributed by atoms with Crippen LogP contribution in [0.15, 0.2) is 24.3 Å². The maximum absolute atomic E-state index is 12.5. The van der Waals surface area contributed by atoms with Crippen LogP contribution < -0.4 is 0 Å². The second-order valence-electron chi connectivity index (χ2n) is 5.62. The number of amides is 1. The molecule has 1 aromatic rings. The number of nitrogens with zero attached hydrogens (tertiary/aromatic N) is 1. The molecule has 19 heavy (non-hydrogen) atoms. The number of rotatable bonds is 3. The van der Waals surface area contributed by atoms with E-state index in [2.05, 4.69) is 6.92 Å². The molecule has 1 fully saturated rings. The number of carbonyl (C=O) groups is 1. The molecule has 0 bridgehead atoms. The molecule has 3 heteroatoms. The molecule has 1 amide bonds. The van der Waals surface area contributed by atoms with Gasteiger partial charge in [0.2, 0.25) is 0 Å². The highest BCUT2D eigenvalue weighted by Gasteiger charge is 2.34. The molecule has 0 aliphatic carbocycles. The molecule has 2 rings (SSSR count). The van der Waals surface area contributed by atoms with E-state index < -0.39 is 0 Å². The second-order valence-corrected chi connectivity index (χ2v) is 5.62. The largest absolute Gasteiger partial charge is 0.396 e. The molecule has 104 valence electrons. The minimum atomic E-state index is 0.0303. The zero-order valence-corrected chi connectivity index (χ0v) is 11.9. The monoisotopic (exact) mass is 261 g/mol. The van der Waals surface area contributed by atoms with Gasteiger partial charge in [-0.05, 0) is 43.2 Å². The summed E-state index contributed by atoms with van der Waals surface area (Å²) in [5, 5.41) is 9.52. The van der Waals surface area contributed by atoms with Gasteiger partial charge >= 0.3 is 0 Å². The summed E-state index contributed by atoms with van der Waals surface area (Å²) in [4.78, 5) is 14.4. The highest BCUT2D eigenvalue weighted by atomic mass is 16.3. The molecule has 0 atom stereocenters. The van der Waals surface area contributed by atoms with E-state index in [0.29, 0.717) is 0 Å². The van der Waals surface area contributed by atoms with E-state index in [0.717, 1.165) is 43.5 Å². The van der Waals surface area contributed by atoms with Crippen molar-refractivity contribution in [2.24, 2.45) is 5.41 Å². The lowest BCUT2D eigenvalue weighted by Gasteiger charge is -2.40. The van der Waals surface area contributed by atoms with Crippen molar-refractivity contribution in [2.45, 2.75) is 33.1 Å². The fourth-order valence-electron chi connectivity index (χ4n) is 2.79. The Kier molecular flexibility index (Phi) is 4.25. The van der Waals surface area contributed by atoms with Gasteiger partial charge in [0.05, 0.1) is 0 Å². The van der Waals surface area contributed by atoms with E-state index >= 15 is 0 Å². The summed E-state index contributed by atoms with van der Waals surface area (Å²) < 4.78 is 0. The summed E-state index contributed by atoms with van der Waals surface area (Å²) in [5.74, 6) is 0.126. The number of hydrogen-bond donors (Lipinski definition) is 1. The number of aliphatic hydroxyl groups excluding tert-OH is 1. The standard InChI is InChI=1S/C16H23NO2/c1-3-16(12-18)8-10-17(11-9-16)15(19)14-7-5-4-6-13(14)2/h4-7,18H,3,8-12H2,1-2H3. The smallest absolute Gasteiger partial charge is 0.254 e. The zero-order chi connectivity index (χ0) is 13.9. The highest BCUT2D eigenvalue weighted by molar-refractivity contribution is 5.95. The minimum absolute atomic E-state index is 0.0303. The van der Waals surface area contributed by atoms with Crippen molar-refractivity contribution in [3.05, 3.63) is 35.4 Å². The molecule has 1 aromatic carbocycles. The van der Waals surface area contributed by atoms with E-state index in [4.69, 9.17) is 0 Å². The topological polar surface area (TPSA) is 40.5 Å². The van der Waals surface area contributed by atoms with Gasteiger partial charge in [0, 0.05) is 25.3 Å². The molecule has 1 aliphatic heterocycles. The van der Waals surface area contributed by atoms with Crippen molar-refractivity contribution in [2.75, 3.05) is 19.7 Å². The Hall–Kier alpha value is -1.35. The van der Waals surface area contributed by atoms with Gasteiger partial charge in [-0.3, -0.25) is 4.79 Å². The molecule has 0 unspecified atom stereocenters. The molecular weight excluding hydrogens is 238 g/mol. The van der Waals surface area contributed by atoms with Crippen LogP contribution in [0.4, 0.5) is 0 Å². The van der Waals surface area contributed by atoms with Gasteiger partial charge in [-0.1, -0.05) is 25.1 Å². The van der Waals surface area contributed by atoms with E-state index in [-0.39, 0.29) is 17.9 Å². The van der Waals surface area contributed by atoms with Gasteiger partial charge < -0.3 is 10.0 Å². The third kappa shape index (κ3) is 2.81. The van der Waals surface area contributed by atoms with Gasteiger partial charge in [0.25, 0.3) is 5.91 Å². The molecule has 0 radical (unpaired) electrons. The van der Waals surface area contributed by atoms with Crippen molar-refractivity contribution < 1.29 is 9.90 Å². The molecule has 1 heterocycles. The molecule has 0 aromatic heterocycles. The van der Waals surface area contributed by atoms with Gasteiger partial charge in [-0.2, -0.15) is 0 Å². The summed E-state index contributed by atoms with van der Waals surface area (Å²) in [7, 11) is 0. The van der Waals surface area contributed by atoms with E-state index in [1.807, 2.05) is 36.1 Å². The first-order valence-corrected chi connectivity index (χ1v) is 7.08. The van der Waals surface area contributed by atoms with Gasteiger partial charge in [-0.25, -0.2) is 0 Å². The Balaban J connectivity index is 2.06. The Morgan fingerprint density at radius 1 is 1.32 bits per heavy atom. The van der Waals surface area contributed by atoms with Crippen LogP contribution in [0.2, 0.25) is 0 Å². The van der Waals surface area contributed by atoms with Crippen LogP contribution in [0.5, 0.6) is 0 Å². The van der Waals surface area contributed by atoms with Gasteiger partial charge in [-0.15, -0.1) is 0 Å². The van der Waals surface area contributed by atoms with Crippen LogP contribution in [0.1, 0.15) is 42.1 Å². The average molecular weight is 261 g/mol. The quantitative estimate of drug-likeness (QED) is 0.908. The predicted molar refractivity (Wildman–Crippen MR) is 76.1 cm³/mol. The molecule has 1 N–H and O–H groups in total. The Morgan fingerprint density at radius 3 is 2.47 bits per heavy atom. The van der Waals surface area contributed by atoms with Crippen LogP contribution in [0.25, 0.3) is 0 Å². The summed E-state index contributed by atoms with van der Waals surface area (Å²) in [5.41, 5.74) is 1.86. The number of aliphatic hydroxyl groups is 1. The Labute approximate surface area is 115 Å². The lowest BCUT2D eigenvalue weighted by Crippen LogP contribution is -2.44. The van der Waals surface area contributed by atoms with Crippen LogP contribution in [-0.4, -0.2) is 35.6 Å². The number of piperidine rings is 1. The molecular formula is C16H23NO2. The van der Waals surface area contributed by atoms with Crippen molar-refractivity contribution in [1.29, 1.82) is 0 Å². The van der Waals surface area contributed by atoms with Crippen molar-refractivity contribution >= 4 is 5.91 Å². The van der Waals surface area contributed by atoms with Crippen LogP contribution in [0, 0.1) is 12.3 Å². The van der Waals surface area contributed by atoms with Crippen molar-refractivity contribution in [3.8, 4) is 0 Å². The summed E-state index contributed by atoms with van der Waals surface area (Å²) >= 11 is 0. The Morgan fingerprint density at radius 2 is 1.95 bits per heavy atom. The van der Waals surface area contributed by atoms with E-state index in [1.54, 1.807) is 0 Å². The van der Waals surface area contributed by atoms with E-state index in [9.17, 15) is 9.90 Å². The highest BCUT2D eigenvalue weighted by Crippen LogP contribution is 2.34. The number of carbonyl (C=O) groups excluding carboxylic acids is 1. The predicted octanol–water partition coefficient (Wildman–Crippen LogP) is 2.62. The number of likely N-dealkylation sites (tertiary alicyclic amines) is 1. The first-order chi connectivity index (χ1) is 9.12. The number of hydrogen-bond acceptors (Lipinski definition) is 2. The average Bonchev–Trinajstić information content (AvgIpc) is 2.47.